The highest BCUT2D eigenvalue weighted by atomic mass is 16.3. The van der Waals surface area contributed by atoms with Gasteiger partial charge in [-0.05, 0) is 70.1 Å². The zero-order chi connectivity index (χ0) is 42.6. The molecule has 4 heterocycles. The van der Waals surface area contributed by atoms with Crippen molar-refractivity contribution in [2.45, 2.75) is 6.17 Å². The maximum Gasteiger partial charge on any atom is 0.159 e. The van der Waals surface area contributed by atoms with Crippen LogP contribution in [0.3, 0.4) is 0 Å². The number of para-hydroxylation sites is 4. The van der Waals surface area contributed by atoms with Gasteiger partial charge in [0.25, 0.3) is 0 Å². The van der Waals surface area contributed by atoms with E-state index in [9.17, 15) is 0 Å². The summed E-state index contributed by atoms with van der Waals surface area (Å²) in [5, 5.41) is 15.3. The largest absolute Gasteiger partial charge is 0.454 e. The minimum atomic E-state index is -0.460. The van der Waals surface area contributed by atoms with E-state index >= 15 is 0 Å². The van der Waals surface area contributed by atoms with Gasteiger partial charge in [-0.1, -0.05) is 164 Å². The Kier molecular flexibility index (Phi) is 7.65. The molecule has 0 fully saturated rings. The normalized spacial score (nSPS) is 14.3. The summed E-state index contributed by atoms with van der Waals surface area (Å²) < 4.78 is 12.0. The topological polar surface area (TPSA) is 59.8 Å². The fourth-order valence-corrected chi connectivity index (χ4v) is 10.4. The molecule has 14 rings (SSSR count). The summed E-state index contributed by atoms with van der Waals surface area (Å²) in [6, 6.07) is 75.5. The predicted molar refractivity (Wildman–Crippen MR) is 269 cm³/mol. The Bertz CT molecular complexity index is 4170. The average Bonchev–Trinajstić information content (AvgIpc) is 4.04. The molecule has 0 radical (unpaired) electrons. The van der Waals surface area contributed by atoms with Crippen molar-refractivity contribution in [1.29, 1.82) is 0 Å². The van der Waals surface area contributed by atoms with E-state index in [-0.39, 0.29) is 0 Å². The van der Waals surface area contributed by atoms with Gasteiger partial charge in [-0.25, -0.2) is 9.98 Å². The molecule has 0 amide bonds. The number of rotatable bonds is 5. The number of fused-ring (bicyclic) bond motifs is 12. The Balaban J connectivity index is 1.01. The van der Waals surface area contributed by atoms with Crippen LogP contribution < -0.4 is 5.32 Å². The molecule has 1 aliphatic rings. The third-order valence-electron chi connectivity index (χ3n) is 13.3. The van der Waals surface area contributed by atoms with Gasteiger partial charge >= 0.3 is 0 Å². The molecule has 0 aliphatic carbocycles. The van der Waals surface area contributed by atoms with E-state index in [4.69, 9.17) is 14.4 Å². The highest BCUT2D eigenvalue weighted by molar-refractivity contribution is 6.24. The number of hydrogen-bond donors (Lipinski definition) is 1. The molecule has 10 aromatic carbocycles. The molecular weight excluding hydrogens is 795 g/mol. The molecule has 6 heteroatoms. The highest BCUT2D eigenvalue weighted by Gasteiger charge is 2.27. The summed E-state index contributed by atoms with van der Waals surface area (Å²) in [6.45, 7) is 0. The van der Waals surface area contributed by atoms with Gasteiger partial charge in [-0.2, -0.15) is 0 Å². The number of benzene rings is 10. The summed E-state index contributed by atoms with van der Waals surface area (Å²) in [5.74, 6) is 1.45. The number of aliphatic imine (C=N–C) groups is 2. The second-order valence-electron chi connectivity index (χ2n) is 17.0. The molecule has 1 atom stereocenters. The van der Waals surface area contributed by atoms with Gasteiger partial charge in [0.05, 0.1) is 27.8 Å². The first kappa shape index (κ1) is 35.8. The predicted octanol–water partition coefficient (Wildman–Crippen LogP) is 14.6. The average molecular weight is 832 g/mol. The monoisotopic (exact) mass is 831 g/mol. The standard InChI is InChI=1S/C59H37N5O/c1-2-18-42(19-3-1)63-49-24-10-8-20-43(49)45-32-33-46-44-21-9-11-25-50(44)64(55(46)54(45)63)51-26-12-22-47-53-48(23-13-27-52(53)65-56(47)51)59-61-57(40-30-28-36-14-4-6-16-38(36)34-40)60-58(62-59)41-31-29-37-15-5-7-17-39(37)35-41/h1-35,59H,(H,60,61,62). The van der Waals surface area contributed by atoms with Gasteiger partial charge in [0, 0.05) is 54.7 Å². The van der Waals surface area contributed by atoms with E-state index in [1.807, 2.05) is 0 Å². The van der Waals surface area contributed by atoms with Crippen LogP contribution in [0.2, 0.25) is 0 Å². The molecule has 6 nitrogen and oxygen atoms in total. The zero-order valence-electron chi connectivity index (χ0n) is 35.0. The van der Waals surface area contributed by atoms with E-state index in [2.05, 4.69) is 227 Å². The van der Waals surface area contributed by atoms with E-state index in [1.54, 1.807) is 0 Å². The van der Waals surface area contributed by atoms with Crippen molar-refractivity contribution in [3.63, 3.8) is 0 Å². The maximum absolute atomic E-state index is 7.11. The zero-order valence-corrected chi connectivity index (χ0v) is 35.0. The molecule has 3 aromatic heterocycles. The first-order chi connectivity index (χ1) is 32.2. The number of amidine groups is 2. The number of furan rings is 1. The lowest BCUT2D eigenvalue weighted by Gasteiger charge is -2.24. The fourth-order valence-electron chi connectivity index (χ4n) is 10.4. The van der Waals surface area contributed by atoms with Crippen molar-refractivity contribution in [1.82, 2.24) is 14.5 Å². The molecule has 0 saturated carbocycles. The van der Waals surface area contributed by atoms with Crippen molar-refractivity contribution in [3.8, 4) is 11.4 Å². The van der Waals surface area contributed by atoms with E-state index in [1.165, 1.54) is 37.8 Å². The van der Waals surface area contributed by atoms with Crippen LogP contribution in [0.15, 0.2) is 227 Å². The number of hydrogen-bond acceptors (Lipinski definition) is 4. The number of aromatic nitrogens is 2. The highest BCUT2D eigenvalue weighted by Crippen LogP contribution is 2.44. The van der Waals surface area contributed by atoms with Gasteiger partial charge in [0.2, 0.25) is 0 Å². The van der Waals surface area contributed by atoms with Crippen LogP contribution in [0.4, 0.5) is 0 Å². The van der Waals surface area contributed by atoms with Crippen LogP contribution in [0, 0.1) is 0 Å². The van der Waals surface area contributed by atoms with Gasteiger partial charge in [-0.15, -0.1) is 0 Å². The molecule has 0 saturated heterocycles. The first-order valence-electron chi connectivity index (χ1n) is 22.1. The molecule has 13 aromatic rings. The number of nitrogens with one attached hydrogen (secondary N) is 1. The second-order valence-corrected chi connectivity index (χ2v) is 17.0. The summed E-state index contributed by atoms with van der Waals surface area (Å²) >= 11 is 0. The summed E-state index contributed by atoms with van der Waals surface area (Å²) in [5.41, 5.74) is 11.2. The van der Waals surface area contributed by atoms with Crippen LogP contribution in [0.1, 0.15) is 22.9 Å². The second kappa shape index (κ2) is 13.9. The van der Waals surface area contributed by atoms with E-state index < -0.39 is 6.17 Å². The van der Waals surface area contributed by atoms with Crippen molar-refractivity contribution < 1.29 is 4.42 Å². The van der Waals surface area contributed by atoms with Crippen LogP contribution in [0.5, 0.6) is 0 Å². The minimum absolute atomic E-state index is 0.460. The van der Waals surface area contributed by atoms with Gasteiger partial charge in [0.15, 0.2) is 11.4 Å². The summed E-state index contributed by atoms with van der Waals surface area (Å²) in [7, 11) is 0. The van der Waals surface area contributed by atoms with Gasteiger partial charge < -0.3 is 18.9 Å². The summed E-state index contributed by atoms with van der Waals surface area (Å²) in [4.78, 5) is 10.7. The first-order valence-corrected chi connectivity index (χ1v) is 22.1. The molecule has 1 N–H and O–H groups in total. The molecule has 65 heavy (non-hydrogen) atoms. The molecular formula is C59H37N5O. The molecule has 304 valence electrons. The Morgan fingerprint density at radius 2 is 1.03 bits per heavy atom. The van der Waals surface area contributed by atoms with Crippen LogP contribution in [0.25, 0.3) is 98.5 Å². The third-order valence-corrected chi connectivity index (χ3v) is 13.3. The van der Waals surface area contributed by atoms with E-state index in [0.717, 1.165) is 83.2 Å². The smallest absolute Gasteiger partial charge is 0.159 e. The lowest BCUT2D eigenvalue weighted by Crippen LogP contribution is -2.33. The minimum Gasteiger partial charge on any atom is -0.454 e. The van der Waals surface area contributed by atoms with Crippen LogP contribution >= 0.6 is 0 Å². The SMILES string of the molecule is c1ccc(-n2c3ccccc3c3ccc4c5ccccc5n(-c5cccc6c5oc5cccc(C7N=C(c8ccc9ccccc9c8)N=C(c8ccc9ccccc9c8)N7)c56)c4c32)cc1. The Morgan fingerprint density at radius 3 is 1.77 bits per heavy atom. The summed E-state index contributed by atoms with van der Waals surface area (Å²) in [6.07, 6.45) is -0.460. The van der Waals surface area contributed by atoms with Crippen molar-refractivity contribution in [2.24, 2.45) is 9.98 Å². The van der Waals surface area contributed by atoms with Crippen LogP contribution in [-0.2, 0) is 0 Å². The molecule has 0 spiro atoms. The molecule has 1 unspecified atom stereocenters. The fraction of sp³-hybridized carbons (Fsp3) is 0.0169. The van der Waals surface area contributed by atoms with Crippen molar-refractivity contribution in [2.75, 3.05) is 0 Å². The van der Waals surface area contributed by atoms with Crippen molar-refractivity contribution in [3.05, 3.63) is 229 Å². The molecule has 1 aliphatic heterocycles. The lowest BCUT2D eigenvalue weighted by atomic mass is 10.0. The van der Waals surface area contributed by atoms with Crippen LogP contribution in [-0.4, -0.2) is 20.8 Å². The van der Waals surface area contributed by atoms with E-state index in [0.29, 0.717) is 5.84 Å². The number of nitrogens with zero attached hydrogens (tertiary/aromatic N) is 4. The third kappa shape index (κ3) is 5.41. The maximum atomic E-state index is 7.11. The van der Waals surface area contributed by atoms with Gasteiger partial charge in [-0.3, -0.25) is 0 Å². The molecule has 0 bridgehead atoms. The van der Waals surface area contributed by atoms with Gasteiger partial charge in [0.1, 0.15) is 17.6 Å². The lowest BCUT2D eigenvalue weighted by molar-refractivity contribution is 0.660. The quantitative estimate of drug-likeness (QED) is 0.188. The Hall–Kier alpha value is -8.74. The Morgan fingerprint density at radius 1 is 0.446 bits per heavy atom. The van der Waals surface area contributed by atoms with Crippen molar-refractivity contribution >= 4 is 98.8 Å². The Labute approximate surface area is 372 Å².